The standard InChI is InChI=1S/C30H45FO3/c1-17-8-13-29-15-14-28(7)27(6)12-9-19-25(3,4)22(32)10-11-26(19,5)20(27)16-21(31)30(28,34-24(29)33)23(29)18(17)2/h17-21,23H,8-16H2,1-7H3/t17-,18+,19+,20-,21-,23-,26+,27-,28+,29+,30?/m1/s1. The Morgan fingerprint density at radius 3 is 2.29 bits per heavy atom. The van der Waals surface area contributed by atoms with Crippen molar-refractivity contribution < 1.29 is 18.7 Å². The van der Waals surface area contributed by atoms with Crippen molar-refractivity contribution >= 4 is 11.8 Å². The van der Waals surface area contributed by atoms with E-state index in [4.69, 9.17) is 4.74 Å². The summed E-state index contributed by atoms with van der Waals surface area (Å²) >= 11 is 0. The molecule has 4 heteroatoms. The third-order valence-corrected chi connectivity index (χ3v) is 14.1. The molecule has 6 rings (SSSR count). The number of ketones is 1. The highest BCUT2D eigenvalue weighted by atomic mass is 19.1. The molecule has 3 nitrogen and oxygen atoms in total. The van der Waals surface area contributed by atoms with Gasteiger partial charge in [0.2, 0.25) is 0 Å². The molecule has 0 N–H and O–H groups in total. The quantitative estimate of drug-likeness (QED) is 0.359. The normalized spacial score (nSPS) is 59.9. The van der Waals surface area contributed by atoms with Crippen LogP contribution in [0.3, 0.4) is 0 Å². The highest BCUT2D eigenvalue weighted by molar-refractivity contribution is 5.85. The summed E-state index contributed by atoms with van der Waals surface area (Å²) in [6.45, 7) is 15.9. The number of alkyl halides is 1. The van der Waals surface area contributed by atoms with Crippen LogP contribution in [0, 0.1) is 56.7 Å². The molecular formula is C30H45FO3. The first-order valence-corrected chi connectivity index (χ1v) is 14.1. The number of carbonyl (C=O) groups excluding carboxylic acids is 2. The van der Waals surface area contributed by atoms with Crippen LogP contribution in [0.5, 0.6) is 0 Å². The molecule has 1 spiro atoms. The van der Waals surface area contributed by atoms with Gasteiger partial charge in [-0.15, -0.1) is 0 Å². The van der Waals surface area contributed by atoms with Crippen molar-refractivity contribution in [2.75, 3.05) is 0 Å². The van der Waals surface area contributed by atoms with Crippen molar-refractivity contribution in [3.05, 3.63) is 0 Å². The van der Waals surface area contributed by atoms with E-state index < -0.39 is 17.2 Å². The summed E-state index contributed by atoms with van der Waals surface area (Å²) in [4.78, 5) is 26.6. The highest BCUT2D eigenvalue weighted by Gasteiger charge is 2.84. The summed E-state index contributed by atoms with van der Waals surface area (Å²) in [6, 6.07) is 0. The van der Waals surface area contributed by atoms with Crippen LogP contribution >= 0.6 is 0 Å². The number of hydrogen-bond donors (Lipinski definition) is 0. The van der Waals surface area contributed by atoms with Gasteiger partial charge in [0.15, 0.2) is 5.60 Å². The van der Waals surface area contributed by atoms with E-state index in [1.54, 1.807) is 0 Å². The summed E-state index contributed by atoms with van der Waals surface area (Å²) in [7, 11) is 0. The van der Waals surface area contributed by atoms with Gasteiger partial charge in [0.05, 0.1) is 5.41 Å². The molecule has 0 aromatic rings. The summed E-state index contributed by atoms with van der Waals surface area (Å²) in [5.41, 5.74) is -2.35. The molecule has 0 radical (unpaired) electrons. The molecule has 11 atom stereocenters. The van der Waals surface area contributed by atoms with Gasteiger partial charge in [-0.05, 0) is 85.9 Å². The van der Waals surface area contributed by atoms with E-state index in [0.717, 1.165) is 44.9 Å². The third kappa shape index (κ3) is 2.20. The van der Waals surface area contributed by atoms with Crippen LogP contribution < -0.4 is 0 Å². The molecule has 0 aromatic heterocycles. The average molecular weight is 473 g/mol. The Hall–Kier alpha value is -0.930. The smallest absolute Gasteiger partial charge is 0.313 e. The lowest BCUT2D eigenvalue weighted by Crippen LogP contribution is -2.76. The first-order chi connectivity index (χ1) is 15.7. The Labute approximate surface area is 205 Å². The maximum absolute atomic E-state index is 17.1. The first kappa shape index (κ1) is 23.5. The van der Waals surface area contributed by atoms with Crippen LogP contribution in [0.1, 0.15) is 106 Å². The fraction of sp³-hybridized carbons (Fsp3) is 0.933. The second-order valence-electron chi connectivity index (χ2n) is 14.9. The number of esters is 1. The molecule has 190 valence electrons. The molecule has 34 heavy (non-hydrogen) atoms. The van der Waals surface area contributed by atoms with E-state index in [2.05, 4.69) is 48.5 Å². The number of halogens is 1. The number of ether oxygens (including phenoxy) is 1. The van der Waals surface area contributed by atoms with E-state index in [1.165, 1.54) is 0 Å². The fourth-order valence-corrected chi connectivity index (χ4v) is 11.9. The Kier molecular flexibility index (Phi) is 4.48. The predicted molar refractivity (Wildman–Crippen MR) is 130 cm³/mol. The lowest BCUT2D eigenvalue weighted by atomic mass is 9.30. The molecule has 5 aliphatic carbocycles. The van der Waals surface area contributed by atoms with Crippen molar-refractivity contribution in [2.45, 2.75) is 118 Å². The summed E-state index contributed by atoms with van der Waals surface area (Å²) in [6.07, 6.45) is 6.48. The molecule has 5 saturated carbocycles. The van der Waals surface area contributed by atoms with Gasteiger partial charge in [-0.3, -0.25) is 9.59 Å². The molecular weight excluding hydrogens is 427 g/mol. The van der Waals surface area contributed by atoms with Crippen LogP contribution in [-0.2, 0) is 14.3 Å². The van der Waals surface area contributed by atoms with Gasteiger partial charge in [0.25, 0.3) is 0 Å². The van der Waals surface area contributed by atoms with Gasteiger partial charge >= 0.3 is 5.97 Å². The summed E-state index contributed by atoms with van der Waals surface area (Å²) in [5.74, 6) is 1.56. The third-order valence-electron chi connectivity index (χ3n) is 14.1. The van der Waals surface area contributed by atoms with Crippen LogP contribution in [0.2, 0.25) is 0 Å². The second kappa shape index (κ2) is 6.49. The van der Waals surface area contributed by atoms with Crippen molar-refractivity contribution in [3.8, 4) is 0 Å². The number of rotatable bonds is 0. The molecule has 1 aliphatic heterocycles. The summed E-state index contributed by atoms with van der Waals surface area (Å²) < 4.78 is 23.6. The maximum Gasteiger partial charge on any atom is 0.313 e. The Bertz CT molecular complexity index is 959. The molecule has 0 aromatic carbocycles. The number of carbonyl (C=O) groups is 2. The Morgan fingerprint density at radius 1 is 0.882 bits per heavy atom. The molecule has 0 amide bonds. The van der Waals surface area contributed by atoms with E-state index >= 15 is 4.39 Å². The molecule has 2 bridgehead atoms. The molecule has 6 fully saturated rings. The Morgan fingerprint density at radius 2 is 1.59 bits per heavy atom. The lowest BCUT2D eigenvalue weighted by molar-refractivity contribution is -0.304. The maximum atomic E-state index is 17.1. The average Bonchev–Trinajstić information content (AvgIpc) is 2.98. The fourth-order valence-electron chi connectivity index (χ4n) is 11.9. The summed E-state index contributed by atoms with van der Waals surface area (Å²) in [5, 5.41) is 0. The van der Waals surface area contributed by atoms with Crippen molar-refractivity contribution in [1.29, 1.82) is 0 Å². The van der Waals surface area contributed by atoms with Crippen LogP contribution in [0.15, 0.2) is 0 Å². The zero-order valence-electron chi connectivity index (χ0n) is 22.4. The first-order valence-electron chi connectivity index (χ1n) is 14.1. The van der Waals surface area contributed by atoms with Gasteiger partial charge in [-0.25, -0.2) is 4.39 Å². The number of fused-ring (bicyclic) bond motifs is 4. The number of hydrogen-bond acceptors (Lipinski definition) is 3. The lowest BCUT2D eigenvalue weighted by Gasteiger charge is -2.74. The predicted octanol–water partition coefficient (Wildman–Crippen LogP) is 6.92. The van der Waals surface area contributed by atoms with Crippen LogP contribution in [0.25, 0.3) is 0 Å². The minimum absolute atomic E-state index is 0.0160. The van der Waals surface area contributed by atoms with Crippen LogP contribution in [0.4, 0.5) is 4.39 Å². The second-order valence-corrected chi connectivity index (χ2v) is 14.9. The van der Waals surface area contributed by atoms with E-state index in [-0.39, 0.29) is 45.4 Å². The minimum atomic E-state index is -1.13. The zero-order valence-corrected chi connectivity index (χ0v) is 22.4. The van der Waals surface area contributed by atoms with Crippen molar-refractivity contribution in [1.82, 2.24) is 0 Å². The molecule has 1 saturated heterocycles. The number of Topliss-reactive ketones (excluding diaryl/α,β-unsaturated/α-hetero) is 1. The van der Waals surface area contributed by atoms with Crippen LogP contribution in [-0.4, -0.2) is 23.5 Å². The van der Waals surface area contributed by atoms with E-state index in [1.807, 2.05) is 0 Å². The molecule has 1 unspecified atom stereocenters. The van der Waals surface area contributed by atoms with Gasteiger partial charge in [0.1, 0.15) is 12.0 Å². The largest absolute Gasteiger partial charge is 0.455 e. The topological polar surface area (TPSA) is 43.4 Å². The molecule has 1 heterocycles. The van der Waals surface area contributed by atoms with Crippen molar-refractivity contribution in [2.24, 2.45) is 56.7 Å². The van der Waals surface area contributed by atoms with Gasteiger partial charge in [-0.2, -0.15) is 0 Å². The van der Waals surface area contributed by atoms with Crippen molar-refractivity contribution in [3.63, 3.8) is 0 Å². The van der Waals surface area contributed by atoms with Gasteiger partial charge < -0.3 is 4.74 Å². The zero-order chi connectivity index (χ0) is 24.7. The molecule has 6 aliphatic rings. The minimum Gasteiger partial charge on any atom is -0.455 e. The van der Waals surface area contributed by atoms with Gasteiger partial charge in [0, 0.05) is 23.2 Å². The SMILES string of the molecule is C[C@H]1[C@H](C)CC[C@@]23CC[C@]4(C)C(OC2=O)([C@H](F)C[C@@H]2[C@@]5(C)CCC(=O)C(C)(C)[C@@H]5CC[C@]24C)[C@H]13. The van der Waals surface area contributed by atoms with Gasteiger partial charge in [-0.1, -0.05) is 48.5 Å². The Balaban J connectivity index is 1.51. The van der Waals surface area contributed by atoms with E-state index in [9.17, 15) is 9.59 Å². The highest BCUT2D eigenvalue weighted by Crippen LogP contribution is 2.81. The van der Waals surface area contributed by atoms with E-state index in [0.29, 0.717) is 30.5 Å². The monoisotopic (exact) mass is 472 g/mol.